The molecule has 150 valence electrons. The molecule has 0 spiro atoms. The highest BCUT2D eigenvalue weighted by atomic mass is 16.6. The average Bonchev–Trinajstić information content (AvgIpc) is 2.60. The second kappa shape index (κ2) is 9.60. The number of nitrogens with zero attached hydrogens (tertiary/aromatic N) is 2. The van der Waals surface area contributed by atoms with Crippen LogP contribution in [-0.4, -0.2) is 66.4 Å². The Bertz CT molecular complexity index is 607. The van der Waals surface area contributed by atoms with E-state index in [-0.39, 0.29) is 18.7 Å². The maximum Gasteiger partial charge on any atom is 0.410 e. The Hall–Kier alpha value is -2.28. The molecule has 1 fully saturated rings. The molecule has 27 heavy (non-hydrogen) atoms. The third-order valence-corrected chi connectivity index (χ3v) is 4.13. The SMILES string of the molecule is C[C@@H](CN1CCN(C(=O)OC(C)(C)C)CC1)NC(=O)OCc1ccccc1. The molecule has 1 aromatic carbocycles. The molecule has 0 bridgehead atoms. The molecule has 2 rings (SSSR count). The molecule has 0 aliphatic carbocycles. The van der Waals surface area contributed by atoms with Crippen molar-refractivity contribution in [3.05, 3.63) is 35.9 Å². The lowest BCUT2D eigenvalue weighted by Crippen LogP contribution is -2.52. The second-order valence-electron chi connectivity index (χ2n) is 7.88. The van der Waals surface area contributed by atoms with Gasteiger partial charge in [0.15, 0.2) is 0 Å². The summed E-state index contributed by atoms with van der Waals surface area (Å²) in [6, 6.07) is 9.55. The summed E-state index contributed by atoms with van der Waals surface area (Å²) < 4.78 is 10.6. The largest absolute Gasteiger partial charge is 0.445 e. The zero-order valence-electron chi connectivity index (χ0n) is 16.7. The quantitative estimate of drug-likeness (QED) is 0.854. The number of hydrogen-bond acceptors (Lipinski definition) is 5. The van der Waals surface area contributed by atoms with Gasteiger partial charge in [-0.1, -0.05) is 30.3 Å². The van der Waals surface area contributed by atoms with Gasteiger partial charge in [-0.15, -0.1) is 0 Å². The van der Waals surface area contributed by atoms with Crippen molar-refractivity contribution in [1.82, 2.24) is 15.1 Å². The predicted octanol–water partition coefficient (Wildman–Crippen LogP) is 2.85. The highest BCUT2D eigenvalue weighted by Gasteiger charge is 2.26. The van der Waals surface area contributed by atoms with Crippen molar-refractivity contribution in [2.24, 2.45) is 0 Å². The molecule has 1 atom stereocenters. The number of amides is 2. The summed E-state index contributed by atoms with van der Waals surface area (Å²) in [6.07, 6.45) is -0.684. The van der Waals surface area contributed by atoms with Gasteiger partial charge in [0.05, 0.1) is 0 Å². The number of ether oxygens (including phenoxy) is 2. The fraction of sp³-hybridized carbons (Fsp3) is 0.600. The molecule has 1 aliphatic rings. The van der Waals surface area contributed by atoms with Crippen LogP contribution in [-0.2, 0) is 16.1 Å². The third kappa shape index (κ3) is 7.86. The summed E-state index contributed by atoms with van der Waals surface area (Å²) in [6.45, 7) is 11.3. The Morgan fingerprint density at radius 2 is 1.74 bits per heavy atom. The molecule has 0 saturated carbocycles. The number of alkyl carbamates (subject to hydrolysis) is 1. The lowest BCUT2D eigenvalue weighted by atomic mass is 10.2. The molecule has 1 saturated heterocycles. The van der Waals surface area contributed by atoms with Crippen LogP contribution < -0.4 is 5.32 Å². The number of piperazine rings is 1. The molecule has 1 aromatic rings. The van der Waals surface area contributed by atoms with E-state index in [1.165, 1.54) is 0 Å². The minimum Gasteiger partial charge on any atom is -0.445 e. The predicted molar refractivity (Wildman–Crippen MR) is 103 cm³/mol. The van der Waals surface area contributed by atoms with Gasteiger partial charge in [-0.25, -0.2) is 9.59 Å². The molecule has 7 heteroatoms. The fourth-order valence-electron chi connectivity index (χ4n) is 2.84. The van der Waals surface area contributed by atoms with Crippen molar-refractivity contribution < 1.29 is 19.1 Å². The van der Waals surface area contributed by atoms with Crippen LogP contribution in [0, 0.1) is 0 Å². The van der Waals surface area contributed by atoms with Crippen molar-refractivity contribution >= 4 is 12.2 Å². The molecule has 1 heterocycles. The molecule has 1 aliphatic heterocycles. The van der Waals surface area contributed by atoms with Gasteiger partial charge in [0.1, 0.15) is 12.2 Å². The van der Waals surface area contributed by atoms with E-state index in [1.807, 2.05) is 58.0 Å². The molecular formula is C20H31N3O4. The van der Waals surface area contributed by atoms with Crippen LogP contribution in [0.1, 0.15) is 33.3 Å². The summed E-state index contributed by atoms with van der Waals surface area (Å²) in [5.41, 5.74) is 0.478. The standard InChI is InChI=1S/C20H31N3O4/c1-16(21-18(24)26-15-17-8-6-5-7-9-17)14-22-10-12-23(13-11-22)19(25)27-20(2,3)4/h5-9,16H,10-15H2,1-4H3,(H,21,24)/t16-/m0/s1. The Balaban J connectivity index is 1.66. The van der Waals surface area contributed by atoms with E-state index in [4.69, 9.17) is 9.47 Å². The molecule has 0 unspecified atom stereocenters. The fourth-order valence-corrected chi connectivity index (χ4v) is 2.84. The van der Waals surface area contributed by atoms with Gasteiger partial charge in [0.25, 0.3) is 0 Å². The summed E-state index contributed by atoms with van der Waals surface area (Å²) in [5.74, 6) is 0. The topological polar surface area (TPSA) is 71.1 Å². The zero-order valence-corrected chi connectivity index (χ0v) is 16.7. The van der Waals surface area contributed by atoms with E-state index in [2.05, 4.69) is 10.2 Å². The van der Waals surface area contributed by atoms with Crippen LogP contribution in [0.5, 0.6) is 0 Å². The monoisotopic (exact) mass is 377 g/mol. The van der Waals surface area contributed by atoms with Gasteiger partial charge in [0.2, 0.25) is 0 Å². The Kier molecular flexibility index (Phi) is 7.47. The first-order chi connectivity index (χ1) is 12.7. The number of hydrogen-bond donors (Lipinski definition) is 1. The Morgan fingerprint density at radius 3 is 2.33 bits per heavy atom. The van der Waals surface area contributed by atoms with Crippen LogP contribution in [0.4, 0.5) is 9.59 Å². The van der Waals surface area contributed by atoms with Gasteiger partial charge in [-0.2, -0.15) is 0 Å². The van der Waals surface area contributed by atoms with Gasteiger partial charge < -0.3 is 19.7 Å². The van der Waals surface area contributed by atoms with Crippen LogP contribution in [0.15, 0.2) is 30.3 Å². The van der Waals surface area contributed by atoms with E-state index >= 15 is 0 Å². The molecule has 0 radical (unpaired) electrons. The van der Waals surface area contributed by atoms with Crippen molar-refractivity contribution in [3.63, 3.8) is 0 Å². The van der Waals surface area contributed by atoms with E-state index in [0.717, 1.165) is 18.7 Å². The number of carbonyl (C=O) groups excluding carboxylic acids is 2. The van der Waals surface area contributed by atoms with Crippen LogP contribution in [0.25, 0.3) is 0 Å². The first kappa shape index (κ1) is 21.0. The van der Waals surface area contributed by atoms with Crippen LogP contribution >= 0.6 is 0 Å². The van der Waals surface area contributed by atoms with Crippen molar-refractivity contribution in [2.75, 3.05) is 32.7 Å². The van der Waals surface area contributed by atoms with E-state index in [0.29, 0.717) is 19.6 Å². The average molecular weight is 377 g/mol. The van der Waals surface area contributed by atoms with Crippen molar-refractivity contribution in [1.29, 1.82) is 0 Å². The Morgan fingerprint density at radius 1 is 1.11 bits per heavy atom. The third-order valence-electron chi connectivity index (χ3n) is 4.13. The Labute approximate surface area is 161 Å². The first-order valence-corrected chi connectivity index (χ1v) is 9.40. The number of benzene rings is 1. The number of rotatable bonds is 5. The second-order valence-corrected chi connectivity index (χ2v) is 7.88. The molecule has 1 N–H and O–H groups in total. The maximum absolute atomic E-state index is 12.1. The van der Waals surface area contributed by atoms with E-state index in [9.17, 15) is 9.59 Å². The van der Waals surface area contributed by atoms with Gasteiger partial charge in [-0.3, -0.25) is 4.90 Å². The molecule has 2 amide bonds. The van der Waals surface area contributed by atoms with Gasteiger partial charge in [0, 0.05) is 38.8 Å². The normalized spacial score (nSPS) is 16.5. The van der Waals surface area contributed by atoms with Crippen molar-refractivity contribution in [2.45, 2.75) is 45.9 Å². The van der Waals surface area contributed by atoms with Gasteiger partial charge in [-0.05, 0) is 33.3 Å². The summed E-state index contributed by atoms with van der Waals surface area (Å²) >= 11 is 0. The van der Waals surface area contributed by atoms with E-state index < -0.39 is 11.7 Å². The minimum absolute atomic E-state index is 0.0404. The summed E-state index contributed by atoms with van der Waals surface area (Å²) in [5, 5.41) is 2.85. The molecule has 7 nitrogen and oxygen atoms in total. The molecular weight excluding hydrogens is 346 g/mol. The van der Waals surface area contributed by atoms with Gasteiger partial charge >= 0.3 is 12.2 Å². The highest BCUT2D eigenvalue weighted by molar-refractivity contribution is 5.68. The smallest absolute Gasteiger partial charge is 0.410 e. The maximum atomic E-state index is 12.1. The lowest BCUT2D eigenvalue weighted by Gasteiger charge is -2.36. The summed E-state index contributed by atoms with van der Waals surface area (Å²) in [4.78, 5) is 28.0. The highest BCUT2D eigenvalue weighted by Crippen LogP contribution is 2.12. The summed E-state index contributed by atoms with van der Waals surface area (Å²) in [7, 11) is 0. The first-order valence-electron chi connectivity index (χ1n) is 9.40. The van der Waals surface area contributed by atoms with Crippen LogP contribution in [0.3, 0.4) is 0 Å². The zero-order chi connectivity index (χ0) is 19.9. The molecule has 0 aromatic heterocycles. The van der Waals surface area contributed by atoms with E-state index in [1.54, 1.807) is 4.90 Å². The number of carbonyl (C=O) groups is 2. The lowest BCUT2D eigenvalue weighted by molar-refractivity contribution is 0.0140. The van der Waals surface area contributed by atoms with Crippen molar-refractivity contribution in [3.8, 4) is 0 Å². The minimum atomic E-state index is -0.479. The number of nitrogens with one attached hydrogen (secondary N) is 1. The van der Waals surface area contributed by atoms with Crippen LogP contribution in [0.2, 0.25) is 0 Å².